The third-order valence-corrected chi connectivity index (χ3v) is 5.18. The van der Waals surface area contributed by atoms with Gasteiger partial charge in [0.1, 0.15) is 24.4 Å². The Labute approximate surface area is 159 Å². The molecule has 28 heavy (non-hydrogen) atoms. The van der Waals surface area contributed by atoms with Crippen molar-refractivity contribution in [3.05, 3.63) is 71.8 Å². The molecule has 0 aliphatic heterocycles. The van der Waals surface area contributed by atoms with Gasteiger partial charge in [0.2, 0.25) is 0 Å². The van der Waals surface area contributed by atoms with E-state index in [2.05, 4.69) is 0 Å². The first-order chi connectivity index (χ1) is 13.2. The summed E-state index contributed by atoms with van der Waals surface area (Å²) < 4.78 is 0. The molecule has 0 bridgehead atoms. The summed E-state index contributed by atoms with van der Waals surface area (Å²) in [6.45, 7) is 0. The lowest BCUT2D eigenvalue weighted by Crippen LogP contribution is -2.80. The number of aliphatic hydroxyl groups is 6. The maximum Gasteiger partial charge on any atom is 0.199 e. The second kappa shape index (κ2) is 7.17. The molecular formula is C20H20O8. The van der Waals surface area contributed by atoms with Gasteiger partial charge in [-0.05, 0) is 0 Å². The zero-order chi connectivity index (χ0) is 20.7. The van der Waals surface area contributed by atoms with E-state index in [-0.39, 0.29) is 11.1 Å². The van der Waals surface area contributed by atoms with Gasteiger partial charge in [0.25, 0.3) is 0 Å². The molecule has 3 rings (SSSR count). The quantitative estimate of drug-likeness (QED) is 0.352. The van der Waals surface area contributed by atoms with E-state index in [0.717, 1.165) is 0 Å². The highest BCUT2D eigenvalue weighted by Gasteiger charge is 2.70. The maximum absolute atomic E-state index is 12.9. The van der Waals surface area contributed by atoms with Gasteiger partial charge >= 0.3 is 0 Å². The zero-order valence-electron chi connectivity index (χ0n) is 14.6. The molecule has 6 atom stereocenters. The van der Waals surface area contributed by atoms with E-state index in [1.54, 1.807) is 12.1 Å². The Balaban J connectivity index is 2.12. The molecule has 0 amide bonds. The van der Waals surface area contributed by atoms with Crippen LogP contribution >= 0.6 is 0 Å². The third-order valence-electron chi connectivity index (χ3n) is 5.18. The molecular weight excluding hydrogens is 368 g/mol. The first kappa shape index (κ1) is 20.3. The molecule has 0 unspecified atom stereocenters. The summed E-state index contributed by atoms with van der Waals surface area (Å²) in [4.78, 5) is 25.7. The monoisotopic (exact) mass is 388 g/mol. The number of carbonyl (C=O) groups excluding carboxylic acids is 2. The van der Waals surface area contributed by atoms with Gasteiger partial charge in [0.15, 0.2) is 22.8 Å². The standard InChI is InChI=1S/C20H20O8/c21-13-16(24)19(27,14(22)11-7-3-1-4-8-11)18(26)20(28,17(13)25)15(23)12-9-5-2-6-10-12/h1-10,13,16-18,21,24-28H/t13-,16-,17+,18-,19-,20-/m0/s1. The molecule has 2 aromatic carbocycles. The molecule has 8 heteroatoms. The van der Waals surface area contributed by atoms with Crippen LogP contribution in [-0.2, 0) is 0 Å². The lowest BCUT2D eigenvalue weighted by molar-refractivity contribution is -0.271. The van der Waals surface area contributed by atoms with Gasteiger partial charge in [-0.15, -0.1) is 0 Å². The Hall–Kier alpha value is -2.46. The fourth-order valence-corrected chi connectivity index (χ4v) is 3.51. The summed E-state index contributed by atoms with van der Waals surface area (Å²) in [5.74, 6) is -2.45. The van der Waals surface area contributed by atoms with Gasteiger partial charge in [0, 0.05) is 11.1 Å². The van der Waals surface area contributed by atoms with Gasteiger partial charge in [-0.1, -0.05) is 60.7 Å². The SMILES string of the molecule is O=C(c1ccccc1)[C@@]1(O)[C@@H](O)[C@](O)(C(=O)c2ccccc2)[C@@H](O)[C@H](O)[C@H]1O. The molecule has 6 N–H and O–H groups in total. The number of benzene rings is 2. The smallest absolute Gasteiger partial charge is 0.199 e. The van der Waals surface area contributed by atoms with Crippen LogP contribution in [0.15, 0.2) is 60.7 Å². The number of carbonyl (C=O) groups is 2. The summed E-state index contributed by atoms with van der Waals surface area (Å²) in [7, 11) is 0. The number of Topliss-reactive ketones (excluding diaryl/α,β-unsaturated/α-hetero) is 2. The molecule has 8 nitrogen and oxygen atoms in total. The lowest BCUT2D eigenvalue weighted by atomic mass is 9.63. The van der Waals surface area contributed by atoms with Gasteiger partial charge < -0.3 is 30.6 Å². The molecule has 148 valence electrons. The van der Waals surface area contributed by atoms with Gasteiger partial charge in [-0.25, -0.2) is 0 Å². The van der Waals surface area contributed by atoms with Crippen LogP contribution in [-0.4, -0.2) is 77.8 Å². The maximum atomic E-state index is 12.9. The fourth-order valence-electron chi connectivity index (χ4n) is 3.51. The highest BCUT2D eigenvalue weighted by molar-refractivity contribution is 6.07. The number of ketones is 2. The van der Waals surface area contributed by atoms with Crippen LogP contribution in [0.5, 0.6) is 0 Å². The van der Waals surface area contributed by atoms with Crippen molar-refractivity contribution in [1.82, 2.24) is 0 Å². The van der Waals surface area contributed by atoms with Crippen LogP contribution in [0.2, 0.25) is 0 Å². The van der Waals surface area contributed by atoms with E-state index >= 15 is 0 Å². The highest BCUT2D eigenvalue weighted by atomic mass is 16.4. The van der Waals surface area contributed by atoms with E-state index in [1.807, 2.05) is 0 Å². The zero-order valence-corrected chi connectivity index (χ0v) is 14.6. The lowest BCUT2D eigenvalue weighted by Gasteiger charge is -2.51. The Morgan fingerprint density at radius 1 is 0.643 bits per heavy atom. The van der Waals surface area contributed by atoms with E-state index < -0.39 is 47.2 Å². The number of hydrogen-bond acceptors (Lipinski definition) is 8. The number of aliphatic hydroxyl groups excluding tert-OH is 4. The van der Waals surface area contributed by atoms with Crippen LogP contribution < -0.4 is 0 Å². The molecule has 0 heterocycles. The van der Waals surface area contributed by atoms with Crippen LogP contribution in [0.25, 0.3) is 0 Å². The Bertz CT molecular complexity index is 799. The predicted molar refractivity (Wildman–Crippen MR) is 95.5 cm³/mol. The minimum absolute atomic E-state index is 0.138. The van der Waals surface area contributed by atoms with Crippen molar-refractivity contribution in [2.45, 2.75) is 35.6 Å². The second-order valence-electron chi connectivity index (χ2n) is 6.82. The Morgan fingerprint density at radius 2 is 0.964 bits per heavy atom. The first-order valence-electron chi connectivity index (χ1n) is 8.53. The molecule has 0 spiro atoms. The average Bonchev–Trinajstić information content (AvgIpc) is 2.75. The summed E-state index contributed by atoms with van der Waals surface area (Å²) in [6, 6.07) is 14.2. The average molecular weight is 388 g/mol. The van der Waals surface area contributed by atoms with Crippen molar-refractivity contribution in [2.24, 2.45) is 0 Å². The van der Waals surface area contributed by atoms with Gasteiger partial charge in [-0.2, -0.15) is 0 Å². The minimum Gasteiger partial charge on any atom is -0.387 e. The van der Waals surface area contributed by atoms with Crippen LogP contribution in [0.1, 0.15) is 20.7 Å². The largest absolute Gasteiger partial charge is 0.387 e. The molecule has 0 saturated heterocycles. The van der Waals surface area contributed by atoms with E-state index in [4.69, 9.17) is 0 Å². The van der Waals surface area contributed by atoms with Crippen LogP contribution in [0, 0.1) is 0 Å². The van der Waals surface area contributed by atoms with Crippen molar-refractivity contribution >= 4 is 11.6 Å². The highest BCUT2D eigenvalue weighted by Crippen LogP contribution is 2.40. The minimum atomic E-state index is -3.15. The number of hydrogen-bond donors (Lipinski definition) is 6. The topological polar surface area (TPSA) is 156 Å². The van der Waals surface area contributed by atoms with E-state index in [0.29, 0.717) is 0 Å². The molecule has 0 aromatic heterocycles. The summed E-state index contributed by atoms with van der Waals surface area (Å²) >= 11 is 0. The summed E-state index contributed by atoms with van der Waals surface area (Å²) in [5.41, 5.74) is -6.58. The van der Waals surface area contributed by atoms with Gasteiger partial charge in [0.05, 0.1) is 0 Å². The molecule has 1 saturated carbocycles. The van der Waals surface area contributed by atoms with Crippen molar-refractivity contribution in [2.75, 3.05) is 0 Å². The van der Waals surface area contributed by atoms with Crippen LogP contribution in [0.4, 0.5) is 0 Å². The molecule has 0 radical (unpaired) electrons. The predicted octanol–water partition coefficient (Wildman–Crippen LogP) is -1.33. The van der Waals surface area contributed by atoms with Gasteiger partial charge in [-0.3, -0.25) is 9.59 Å². The Kier molecular flexibility index (Phi) is 5.20. The molecule has 2 aromatic rings. The third kappa shape index (κ3) is 2.78. The van der Waals surface area contributed by atoms with Crippen molar-refractivity contribution < 1.29 is 40.2 Å². The molecule has 1 aliphatic rings. The summed E-state index contributed by atoms with van der Waals surface area (Å²) in [5, 5.41) is 63.3. The van der Waals surface area contributed by atoms with E-state index in [9.17, 15) is 40.2 Å². The van der Waals surface area contributed by atoms with Crippen molar-refractivity contribution in [1.29, 1.82) is 0 Å². The van der Waals surface area contributed by atoms with Crippen molar-refractivity contribution in [3.8, 4) is 0 Å². The second-order valence-corrected chi connectivity index (χ2v) is 6.82. The molecule has 1 fully saturated rings. The normalized spacial score (nSPS) is 35.4. The van der Waals surface area contributed by atoms with Crippen molar-refractivity contribution in [3.63, 3.8) is 0 Å². The summed E-state index contributed by atoms with van der Waals surface area (Å²) in [6.07, 6.45) is -9.66. The van der Waals surface area contributed by atoms with Crippen LogP contribution in [0.3, 0.4) is 0 Å². The number of rotatable bonds is 4. The molecule has 1 aliphatic carbocycles. The Morgan fingerprint density at radius 3 is 1.29 bits per heavy atom. The van der Waals surface area contributed by atoms with E-state index in [1.165, 1.54) is 48.5 Å². The first-order valence-corrected chi connectivity index (χ1v) is 8.53. The fraction of sp³-hybridized carbons (Fsp3) is 0.300.